The van der Waals surface area contributed by atoms with Crippen LogP contribution in [-0.2, 0) is 11.2 Å². The number of piperazine rings is 1. The van der Waals surface area contributed by atoms with E-state index in [1.54, 1.807) is 10.8 Å². The molecule has 184 valence electrons. The summed E-state index contributed by atoms with van der Waals surface area (Å²) < 4.78 is 0. The number of carbonyl (C=O) groups is 1. The van der Waals surface area contributed by atoms with E-state index in [0.717, 1.165) is 99.7 Å². The molecule has 0 spiro atoms. The van der Waals surface area contributed by atoms with Gasteiger partial charge < -0.3 is 20.0 Å². The van der Waals surface area contributed by atoms with Gasteiger partial charge in [0.25, 0.3) is 0 Å². The van der Waals surface area contributed by atoms with Gasteiger partial charge in [-0.2, -0.15) is 5.10 Å². The molecule has 2 aromatic heterocycles. The number of likely N-dealkylation sites (tertiary alicyclic amines) is 1. The number of nitrogens with zero attached hydrogens (tertiary/aromatic N) is 6. The molecule has 3 saturated heterocycles. The van der Waals surface area contributed by atoms with E-state index in [0.29, 0.717) is 11.8 Å². The standard InChI is InChI=1S/C23H34N8OS2/c1-16-13-21(28-27-16)25-20-15-22(30-10-8-29(2)9-11-30)26-19(24-20)14-17-3-6-31(7-4-17)23(32)18-5-12-33-34-18/h13,15,17-18H,3-12,14H2,1-2H3,(H2,24,25,26,27,28). The van der Waals surface area contributed by atoms with Crippen LogP contribution in [-0.4, -0.2) is 93.2 Å². The minimum Gasteiger partial charge on any atom is -0.354 e. The van der Waals surface area contributed by atoms with E-state index >= 15 is 0 Å². The Labute approximate surface area is 209 Å². The number of aryl methyl sites for hydroxylation is 1. The molecule has 5 rings (SSSR count). The Balaban J connectivity index is 1.26. The van der Waals surface area contributed by atoms with Crippen LogP contribution in [0.25, 0.3) is 0 Å². The molecule has 3 aliphatic heterocycles. The monoisotopic (exact) mass is 502 g/mol. The average molecular weight is 503 g/mol. The van der Waals surface area contributed by atoms with Crippen molar-refractivity contribution in [2.24, 2.45) is 5.92 Å². The number of aromatic nitrogens is 4. The number of aromatic amines is 1. The molecule has 9 nitrogen and oxygen atoms in total. The Kier molecular flexibility index (Phi) is 7.50. The van der Waals surface area contributed by atoms with Crippen LogP contribution in [0.4, 0.5) is 17.5 Å². The average Bonchev–Trinajstić information content (AvgIpc) is 3.52. The molecule has 1 atom stereocenters. The van der Waals surface area contributed by atoms with Gasteiger partial charge in [-0.05, 0) is 39.2 Å². The number of hydrogen-bond donors (Lipinski definition) is 2. The number of H-pyrrole nitrogens is 1. The quantitative estimate of drug-likeness (QED) is 0.578. The van der Waals surface area contributed by atoms with Crippen LogP contribution >= 0.6 is 21.6 Å². The Morgan fingerprint density at radius 1 is 1.09 bits per heavy atom. The van der Waals surface area contributed by atoms with Crippen LogP contribution in [0.3, 0.4) is 0 Å². The molecule has 1 amide bonds. The Bertz CT molecular complexity index is 979. The van der Waals surface area contributed by atoms with Gasteiger partial charge >= 0.3 is 0 Å². The first-order valence-corrected chi connectivity index (χ1v) is 14.6. The van der Waals surface area contributed by atoms with Crippen LogP contribution in [0.2, 0.25) is 0 Å². The molecule has 11 heteroatoms. The summed E-state index contributed by atoms with van der Waals surface area (Å²) in [5.41, 5.74) is 1.01. The summed E-state index contributed by atoms with van der Waals surface area (Å²) in [4.78, 5) is 29.4. The molecule has 34 heavy (non-hydrogen) atoms. The lowest BCUT2D eigenvalue weighted by Gasteiger charge is -2.34. The number of likely N-dealkylation sites (N-methyl/N-ethyl adjacent to an activating group) is 1. The molecule has 5 heterocycles. The van der Waals surface area contributed by atoms with Crippen molar-refractivity contribution in [3.63, 3.8) is 0 Å². The van der Waals surface area contributed by atoms with Crippen molar-refractivity contribution in [1.82, 2.24) is 30.0 Å². The van der Waals surface area contributed by atoms with Crippen LogP contribution in [0, 0.1) is 12.8 Å². The number of hydrogen-bond acceptors (Lipinski definition) is 9. The van der Waals surface area contributed by atoms with E-state index in [4.69, 9.17) is 9.97 Å². The van der Waals surface area contributed by atoms with E-state index in [-0.39, 0.29) is 5.25 Å². The summed E-state index contributed by atoms with van der Waals surface area (Å²) in [7, 11) is 5.74. The summed E-state index contributed by atoms with van der Waals surface area (Å²) in [6.07, 6.45) is 3.87. The fourth-order valence-corrected chi connectivity index (χ4v) is 7.56. The fraction of sp³-hybridized carbons (Fsp3) is 0.652. The van der Waals surface area contributed by atoms with Gasteiger partial charge in [0.1, 0.15) is 17.5 Å². The first kappa shape index (κ1) is 23.7. The van der Waals surface area contributed by atoms with Gasteiger partial charge in [0, 0.05) is 69.3 Å². The molecular weight excluding hydrogens is 468 g/mol. The van der Waals surface area contributed by atoms with Crippen molar-refractivity contribution < 1.29 is 4.79 Å². The minimum absolute atomic E-state index is 0.157. The number of rotatable bonds is 6. The highest BCUT2D eigenvalue weighted by atomic mass is 33.1. The van der Waals surface area contributed by atoms with Gasteiger partial charge in [0.15, 0.2) is 5.82 Å². The van der Waals surface area contributed by atoms with Crippen molar-refractivity contribution >= 4 is 44.9 Å². The fourth-order valence-electron chi connectivity index (χ4n) is 4.77. The second kappa shape index (κ2) is 10.7. The molecule has 3 fully saturated rings. The van der Waals surface area contributed by atoms with Gasteiger partial charge in [-0.15, -0.1) is 0 Å². The third-order valence-corrected chi connectivity index (χ3v) is 9.68. The SMILES string of the molecule is Cc1cc(Nc2cc(N3CCN(C)CC3)nc(CC3CCN(C(=O)C4CCSS4)CC3)n2)n[nH]1. The predicted octanol–water partition coefficient (Wildman–Crippen LogP) is 2.94. The first-order chi connectivity index (χ1) is 16.5. The van der Waals surface area contributed by atoms with E-state index < -0.39 is 0 Å². The van der Waals surface area contributed by atoms with Crippen molar-refractivity contribution in [2.75, 3.05) is 62.3 Å². The molecule has 0 saturated carbocycles. The summed E-state index contributed by atoms with van der Waals surface area (Å²) in [5, 5.41) is 10.8. The molecule has 2 aromatic rings. The smallest absolute Gasteiger partial charge is 0.236 e. The predicted molar refractivity (Wildman–Crippen MR) is 140 cm³/mol. The van der Waals surface area contributed by atoms with Crippen molar-refractivity contribution in [2.45, 2.75) is 37.9 Å². The topological polar surface area (TPSA) is 93.3 Å². The van der Waals surface area contributed by atoms with Crippen LogP contribution < -0.4 is 10.2 Å². The van der Waals surface area contributed by atoms with E-state index in [1.807, 2.05) is 29.9 Å². The number of carbonyl (C=O) groups excluding carboxylic acids is 1. The molecule has 0 bridgehead atoms. The molecule has 1 unspecified atom stereocenters. The Morgan fingerprint density at radius 3 is 2.56 bits per heavy atom. The first-order valence-electron chi connectivity index (χ1n) is 12.2. The van der Waals surface area contributed by atoms with Crippen LogP contribution in [0.15, 0.2) is 12.1 Å². The second-order valence-corrected chi connectivity index (χ2v) is 12.2. The zero-order chi connectivity index (χ0) is 23.5. The lowest BCUT2D eigenvalue weighted by molar-refractivity contribution is -0.131. The number of piperidine rings is 1. The van der Waals surface area contributed by atoms with Gasteiger partial charge in [0.2, 0.25) is 5.91 Å². The zero-order valence-electron chi connectivity index (χ0n) is 20.0. The Hall–Kier alpha value is -1.98. The largest absolute Gasteiger partial charge is 0.354 e. The summed E-state index contributed by atoms with van der Waals surface area (Å²) in [6, 6.07) is 4.02. The number of nitrogens with one attached hydrogen (secondary N) is 2. The second-order valence-electron chi connectivity index (χ2n) is 9.55. The third kappa shape index (κ3) is 5.80. The van der Waals surface area contributed by atoms with Crippen molar-refractivity contribution in [3.8, 4) is 0 Å². The lowest BCUT2D eigenvalue weighted by atomic mass is 9.93. The van der Waals surface area contributed by atoms with E-state index in [2.05, 4.69) is 37.3 Å². The minimum atomic E-state index is 0.157. The highest BCUT2D eigenvalue weighted by Crippen LogP contribution is 2.39. The van der Waals surface area contributed by atoms with Crippen LogP contribution in [0.5, 0.6) is 0 Å². The maximum atomic E-state index is 12.8. The van der Waals surface area contributed by atoms with Gasteiger partial charge in [-0.25, -0.2) is 9.97 Å². The highest BCUT2D eigenvalue weighted by Gasteiger charge is 2.31. The van der Waals surface area contributed by atoms with Gasteiger partial charge in [-0.3, -0.25) is 9.89 Å². The Morgan fingerprint density at radius 2 is 1.88 bits per heavy atom. The van der Waals surface area contributed by atoms with E-state index in [1.165, 1.54) is 0 Å². The van der Waals surface area contributed by atoms with E-state index in [9.17, 15) is 4.79 Å². The summed E-state index contributed by atoms with van der Waals surface area (Å²) >= 11 is 0. The summed E-state index contributed by atoms with van der Waals surface area (Å²) in [5.74, 6) is 5.33. The molecule has 0 aliphatic carbocycles. The molecule has 2 N–H and O–H groups in total. The maximum Gasteiger partial charge on any atom is 0.236 e. The molecule has 3 aliphatic rings. The lowest BCUT2D eigenvalue weighted by Crippen LogP contribution is -2.45. The maximum absolute atomic E-state index is 12.8. The van der Waals surface area contributed by atoms with Crippen molar-refractivity contribution in [3.05, 3.63) is 23.7 Å². The zero-order valence-corrected chi connectivity index (χ0v) is 21.6. The van der Waals surface area contributed by atoms with Gasteiger partial charge in [-0.1, -0.05) is 21.6 Å². The molecule has 0 radical (unpaired) electrons. The number of anilines is 3. The number of amides is 1. The molecule has 0 aromatic carbocycles. The van der Waals surface area contributed by atoms with Crippen molar-refractivity contribution in [1.29, 1.82) is 0 Å². The van der Waals surface area contributed by atoms with Crippen LogP contribution in [0.1, 0.15) is 30.8 Å². The molecular formula is C23H34N8OS2. The highest BCUT2D eigenvalue weighted by molar-refractivity contribution is 8.77. The van der Waals surface area contributed by atoms with Gasteiger partial charge in [0.05, 0.1) is 5.25 Å². The normalized spacial score (nSPS) is 22.4. The third-order valence-electron chi connectivity index (χ3n) is 6.87. The summed E-state index contributed by atoms with van der Waals surface area (Å²) in [6.45, 7) is 7.68.